The fourth-order valence-corrected chi connectivity index (χ4v) is 8.54. The van der Waals surface area contributed by atoms with Gasteiger partial charge in [0.15, 0.2) is 6.10 Å². The van der Waals surface area contributed by atoms with Crippen LogP contribution in [-0.4, -0.2) is 74.9 Å². The Hall–Kier alpha value is -3.07. The van der Waals surface area contributed by atoms with E-state index in [4.69, 9.17) is 18.5 Å². The van der Waals surface area contributed by atoms with Crippen LogP contribution in [0.4, 0.5) is 0 Å². The van der Waals surface area contributed by atoms with E-state index in [1.165, 1.54) is 96.3 Å². The number of allylic oxidation sites excluding steroid dienone is 16. The van der Waals surface area contributed by atoms with E-state index >= 15 is 0 Å². The van der Waals surface area contributed by atoms with Gasteiger partial charge in [0.2, 0.25) is 0 Å². The van der Waals surface area contributed by atoms with E-state index in [1.54, 1.807) is 0 Å². The van der Waals surface area contributed by atoms with Crippen molar-refractivity contribution in [3.05, 3.63) is 97.2 Å². The highest BCUT2D eigenvalue weighted by atomic mass is 31.2. The summed E-state index contributed by atoms with van der Waals surface area (Å²) in [4.78, 5) is 35.6. The number of hydrogen-bond donors (Lipinski definition) is 1. The van der Waals surface area contributed by atoms with E-state index in [-0.39, 0.29) is 32.0 Å². The minimum Gasteiger partial charge on any atom is -0.462 e. The second kappa shape index (κ2) is 53.7. The molecule has 0 fully saturated rings. The largest absolute Gasteiger partial charge is 0.472 e. The minimum atomic E-state index is -4.39. The van der Waals surface area contributed by atoms with Crippen LogP contribution in [0.1, 0.15) is 239 Å². The van der Waals surface area contributed by atoms with E-state index in [0.717, 1.165) is 109 Å². The summed E-state index contributed by atoms with van der Waals surface area (Å²) in [6.45, 7) is 4.26. The molecule has 0 amide bonds. The number of carbonyl (C=O) groups excluding carboxylic acids is 2. The van der Waals surface area contributed by atoms with Crippen molar-refractivity contribution in [1.82, 2.24) is 0 Å². The van der Waals surface area contributed by atoms with E-state index < -0.39 is 26.5 Å². The van der Waals surface area contributed by atoms with Gasteiger partial charge in [-0.25, -0.2) is 4.57 Å². The molecular weight excluding hydrogens is 930 g/mol. The van der Waals surface area contributed by atoms with Crippen molar-refractivity contribution in [3.63, 3.8) is 0 Å². The normalized spacial score (nSPS) is 14.0. The number of hydrogen-bond acceptors (Lipinski definition) is 7. The average Bonchev–Trinajstić information content (AvgIpc) is 3.35. The van der Waals surface area contributed by atoms with Gasteiger partial charge in [0.1, 0.15) is 19.8 Å². The maximum atomic E-state index is 12.8. The summed E-state index contributed by atoms with van der Waals surface area (Å²) in [5, 5.41) is 0. The first kappa shape index (κ1) is 69.9. The third-order valence-corrected chi connectivity index (χ3v) is 13.3. The van der Waals surface area contributed by atoms with Gasteiger partial charge in [-0.2, -0.15) is 0 Å². The number of ether oxygens (including phenoxy) is 2. The van der Waals surface area contributed by atoms with Crippen LogP contribution in [0.25, 0.3) is 0 Å². The summed E-state index contributed by atoms with van der Waals surface area (Å²) in [5.41, 5.74) is 0. The lowest BCUT2D eigenvalue weighted by Crippen LogP contribution is -2.37. The van der Waals surface area contributed by atoms with Crippen LogP contribution in [0.15, 0.2) is 97.2 Å². The summed E-state index contributed by atoms with van der Waals surface area (Å²) < 4.78 is 34.5. The Bertz CT molecular complexity index is 1550. The third-order valence-electron chi connectivity index (χ3n) is 12.3. The van der Waals surface area contributed by atoms with Crippen LogP contribution in [0, 0.1) is 0 Å². The topological polar surface area (TPSA) is 108 Å². The Morgan fingerprint density at radius 3 is 1.16 bits per heavy atom. The summed E-state index contributed by atoms with van der Waals surface area (Å²) in [6.07, 6.45) is 73.4. The van der Waals surface area contributed by atoms with Crippen molar-refractivity contribution in [3.8, 4) is 0 Å². The average molecular weight is 1040 g/mol. The van der Waals surface area contributed by atoms with Gasteiger partial charge in [0.05, 0.1) is 27.7 Å². The van der Waals surface area contributed by atoms with Gasteiger partial charge >= 0.3 is 19.8 Å². The molecule has 0 saturated carbocycles. The first-order valence-electron chi connectivity index (χ1n) is 29.5. The molecule has 0 saturated heterocycles. The summed E-state index contributed by atoms with van der Waals surface area (Å²) in [7, 11) is 1.46. The van der Waals surface area contributed by atoms with E-state index in [2.05, 4.69) is 111 Å². The van der Waals surface area contributed by atoms with Crippen molar-refractivity contribution in [2.24, 2.45) is 0 Å². The highest BCUT2D eigenvalue weighted by Crippen LogP contribution is 2.43. The van der Waals surface area contributed by atoms with Gasteiger partial charge in [-0.1, -0.05) is 233 Å². The molecule has 0 rings (SSSR count). The Labute approximate surface area is 449 Å². The molecule has 1 N–H and O–H groups in total. The Balaban J connectivity index is 4.05. The molecular formula is C63H111NO8P+. The van der Waals surface area contributed by atoms with Crippen molar-refractivity contribution in [1.29, 1.82) is 0 Å². The molecule has 2 atom stereocenters. The van der Waals surface area contributed by atoms with Gasteiger partial charge in [-0.3, -0.25) is 18.6 Å². The molecule has 0 radical (unpaired) electrons. The number of nitrogens with zero attached hydrogens (tertiary/aromatic N) is 1. The van der Waals surface area contributed by atoms with E-state index in [0.29, 0.717) is 17.4 Å². The van der Waals surface area contributed by atoms with Crippen LogP contribution in [0.2, 0.25) is 0 Å². The predicted molar refractivity (Wildman–Crippen MR) is 312 cm³/mol. The molecule has 0 aliphatic carbocycles. The molecule has 0 aliphatic heterocycles. The van der Waals surface area contributed by atoms with Crippen molar-refractivity contribution < 1.29 is 42.1 Å². The quantitative estimate of drug-likeness (QED) is 0.0211. The van der Waals surface area contributed by atoms with Gasteiger partial charge in [0.25, 0.3) is 0 Å². The van der Waals surface area contributed by atoms with Gasteiger partial charge in [-0.15, -0.1) is 0 Å². The number of unbranched alkanes of at least 4 members (excludes halogenated alkanes) is 23. The second-order valence-electron chi connectivity index (χ2n) is 20.6. The molecule has 9 nitrogen and oxygen atoms in total. The molecule has 0 aliphatic rings. The number of esters is 2. The summed E-state index contributed by atoms with van der Waals surface area (Å²) in [6, 6.07) is 0. The fraction of sp³-hybridized carbons (Fsp3) is 0.714. The molecule has 0 heterocycles. The number of rotatable bonds is 53. The van der Waals surface area contributed by atoms with Crippen LogP contribution < -0.4 is 0 Å². The monoisotopic (exact) mass is 1040 g/mol. The van der Waals surface area contributed by atoms with Crippen LogP contribution in [-0.2, 0) is 32.7 Å². The van der Waals surface area contributed by atoms with Gasteiger partial charge < -0.3 is 18.9 Å². The molecule has 420 valence electrons. The number of likely N-dealkylation sites (N-methyl/N-ethyl adjacent to an activating group) is 1. The smallest absolute Gasteiger partial charge is 0.462 e. The van der Waals surface area contributed by atoms with Crippen LogP contribution in [0.3, 0.4) is 0 Å². The third kappa shape index (κ3) is 58.1. The highest BCUT2D eigenvalue weighted by Gasteiger charge is 2.27. The predicted octanol–water partition coefficient (Wildman–Crippen LogP) is 18.4. The summed E-state index contributed by atoms with van der Waals surface area (Å²) in [5.74, 6) is -0.814. The van der Waals surface area contributed by atoms with Crippen molar-refractivity contribution >= 4 is 19.8 Å². The standard InChI is InChI=1S/C63H110NO8P/c1-6-8-10-12-14-16-18-20-22-23-24-25-26-27-28-29-30-31-32-33-34-35-36-37-38-39-40-41-42-44-46-48-50-52-54-56-63(66)72-61(60-71-73(67,68)70-58-57-64(3,4)5)59-69-62(65)55-53-51-49-47-45-43-21-19-17-15-13-11-9-7-2/h8,10,13-16,19-22,24-25,27-28,30-31,61H,6-7,9,11-12,17-18,23,26,29,32-60H2,1-5H3/p+1/b10-8-,15-13-,16-14-,21-19-,22-20-,25-24-,28-27-,31-30-. The van der Waals surface area contributed by atoms with E-state index in [9.17, 15) is 19.0 Å². The minimum absolute atomic E-state index is 0.0265. The summed E-state index contributed by atoms with van der Waals surface area (Å²) >= 11 is 0. The first-order valence-corrected chi connectivity index (χ1v) is 31.0. The van der Waals surface area contributed by atoms with Gasteiger partial charge in [-0.05, 0) is 89.9 Å². The first-order chi connectivity index (χ1) is 35.5. The number of quaternary nitrogens is 1. The maximum Gasteiger partial charge on any atom is 0.472 e. The molecule has 0 bridgehead atoms. The Morgan fingerprint density at radius 2 is 0.781 bits per heavy atom. The van der Waals surface area contributed by atoms with Crippen molar-refractivity contribution in [2.75, 3.05) is 47.5 Å². The Morgan fingerprint density at radius 1 is 0.438 bits per heavy atom. The van der Waals surface area contributed by atoms with Crippen molar-refractivity contribution in [2.45, 2.75) is 245 Å². The van der Waals surface area contributed by atoms with E-state index in [1.807, 2.05) is 21.1 Å². The lowest BCUT2D eigenvalue weighted by Gasteiger charge is -2.24. The highest BCUT2D eigenvalue weighted by molar-refractivity contribution is 7.47. The number of carbonyl (C=O) groups is 2. The molecule has 0 aromatic heterocycles. The molecule has 0 spiro atoms. The number of phosphoric acid groups is 1. The van der Waals surface area contributed by atoms with Crippen LogP contribution in [0.5, 0.6) is 0 Å². The molecule has 0 aromatic carbocycles. The molecule has 0 aromatic rings. The zero-order valence-electron chi connectivity index (χ0n) is 47.6. The maximum absolute atomic E-state index is 12.8. The zero-order chi connectivity index (χ0) is 53.5. The Kier molecular flexibility index (Phi) is 51.5. The SMILES string of the molecule is CC/C=C\C/C=C\C/C=C\C/C=C\C/C=C\C/C=C\CCCCCCCCCCCCCCCCCCC(=O)OC(COC(=O)CCCCCCC/C=C\C/C=C\CCCC)COP(=O)(O)OCC[N+](C)(C)C. The van der Waals surface area contributed by atoms with Crippen LogP contribution >= 0.6 is 7.82 Å². The molecule has 10 heteroatoms. The number of phosphoric ester groups is 1. The second-order valence-corrected chi connectivity index (χ2v) is 22.1. The fourth-order valence-electron chi connectivity index (χ4n) is 7.80. The molecule has 73 heavy (non-hydrogen) atoms. The van der Waals surface area contributed by atoms with Gasteiger partial charge in [0, 0.05) is 12.8 Å². The molecule has 2 unspecified atom stereocenters. The lowest BCUT2D eigenvalue weighted by atomic mass is 10.0. The zero-order valence-corrected chi connectivity index (χ0v) is 48.5. The lowest BCUT2D eigenvalue weighted by molar-refractivity contribution is -0.870.